The van der Waals surface area contributed by atoms with Gasteiger partial charge in [0.05, 0.1) is 5.69 Å². The van der Waals surface area contributed by atoms with Gasteiger partial charge in [-0.3, -0.25) is 4.72 Å². The van der Waals surface area contributed by atoms with Gasteiger partial charge in [0, 0.05) is 17.0 Å². The van der Waals surface area contributed by atoms with Gasteiger partial charge >= 0.3 is 0 Å². The summed E-state index contributed by atoms with van der Waals surface area (Å²) in [6.45, 7) is 1.74. The second kappa shape index (κ2) is 7.11. The zero-order chi connectivity index (χ0) is 18.0. The maximum Gasteiger partial charge on any atom is 0.241 e. The van der Waals surface area contributed by atoms with Crippen LogP contribution in [0.2, 0.25) is 0 Å². The molecule has 8 heteroatoms. The van der Waals surface area contributed by atoms with Crippen molar-refractivity contribution in [2.45, 2.75) is 50.7 Å². The molecule has 0 amide bonds. The van der Waals surface area contributed by atoms with Crippen LogP contribution in [0.15, 0.2) is 22.7 Å². The molecule has 1 fully saturated rings. The summed E-state index contributed by atoms with van der Waals surface area (Å²) in [5.74, 6) is -2.34. The first kappa shape index (κ1) is 17.8. The Kier molecular flexibility index (Phi) is 5.08. The van der Waals surface area contributed by atoms with E-state index in [-0.39, 0.29) is 11.8 Å². The lowest BCUT2D eigenvalue weighted by Crippen LogP contribution is -2.17. The van der Waals surface area contributed by atoms with Crippen molar-refractivity contribution in [2.75, 3.05) is 4.72 Å². The normalized spacial score (nSPS) is 16.1. The SMILES string of the molecule is Cc1c(C2CCCCC2)noc1NS(=O)(=O)Cc1c(F)cccc1F. The van der Waals surface area contributed by atoms with E-state index in [0.717, 1.165) is 43.5 Å². The quantitative estimate of drug-likeness (QED) is 0.854. The largest absolute Gasteiger partial charge is 0.337 e. The number of hydrogen-bond acceptors (Lipinski definition) is 4. The number of benzene rings is 1. The van der Waals surface area contributed by atoms with Crippen LogP contribution in [0.3, 0.4) is 0 Å². The number of aromatic nitrogens is 1. The molecule has 1 aromatic heterocycles. The third kappa shape index (κ3) is 4.00. The van der Waals surface area contributed by atoms with Crippen LogP contribution in [0, 0.1) is 18.6 Å². The fourth-order valence-electron chi connectivity index (χ4n) is 3.24. The van der Waals surface area contributed by atoms with E-state index >= 15 is 0 Å². The van der Waals surface area contributed by atoms with E-state index in [4.69, 9.17) is 4.52 Å². The minimum atomic E-state index is -4.04. The van der Waals surface area contributed by atoms with E-state index in [9.17, 15) is 17.2 Å². The van der Waals surface area contributed by atoms with Crippen molar-refractivity contribution in [1.29, 1.82) is 0 Å². The predicted molar refractivity (Wildman–Crippen MR) is 89.7 cm³/mol. The van der Waals surface area contributed by atoms with Crippen LogP contribution >= 0.6 is 0 Å². The summed E-state index contributed by atoms with van der Waals surface area (Å²) in [4.78, 5) is 0. The zero-order valence-corrected chi connectivity index (χ0v) is 14.7. The van der Waals surface area contributed by atoms with Crippen molar-refractivity contribution in [3.63, 3.8) is 0 Å². The molecule has 0 spiro atoms. The number of nitrogens with one attached hydrogen (secondary N) is 1. The topological polar surface area (TPSA) is 72.2 Å². The molecule has 1 N–H and O–H groups in total. The average Bonchev–Trinajstić information content (AvgIpc) is 2.92. The summed E-state index contributed by atoms with van der Waals surface area (Å²) < 4.78 is 59.3. The van der Waals surface area contributed by atoms with Crippen LogP contribution in [0.4, 0.5) is 14.7 Å². The molecular weight excluding hydrogens is 350 g/mol. The van der Waals surface area contributed by atoms with Gasteiger partial charge in [-0.1, -0.05) is 30.5 Å². The fourth-order valence-corrected chi connectivity index (χ4v) is 4.44. The highest BCUT2D eigenvalue weighted by Gasteiger charge is 2.26. The molecule has 0 radical (unpaired) electrons. The van der Waals surface area contributed by atoms with Crippen LogP contribution in [-0.2, 0) is 15.8 Å². The van der Waals surface area contributed by atoms with Crippen molar-refractivity contribution < 1.29 is 21.7 Å². The highest BCUT2D eigenvalue weighted by molar-refractivity contribution is 7.91. The number of hydrogen-bond donors (Lipinski definition) is 1. The Labute approximate surface area is 145 Å². The van der Waals surface area contributed by atoms with Gasteiger partial charge in [-0.25, -0.2) is 17.2 Å². The van der Waals surface area contributed by atoms with Gasteiger partial charge in [-0.05, 0) is 31.9 Å². The van der Waals surface area contributed by atoms with E-state index < -0.39 is 33.0 Å². The van der Waals surface area contributed by atoms with E-state index in [1.807, 2.05) is 0 Å². The minimum absolute atomic E-state index is 0.0114. The molecule has 3 rings (SSSR count). The Balaban J connectivity index is 1.78. The molecule has 0 aliphatic heterocycles. The smallest absolute Gasteiger partial charge is 0.241 e. The van der Waals surface area contributed by atoms with Gasteiger partial charge < -0.3 is 4.52 Å². The van der Waals surface area contributed by atoms with Gasteiger partial charge in [-0.15, -0.1) is 0 Å². The number of sulfonamides is 1. The second-order valence-corrected chi connectivity index (χ2v) is 8.14. The summed E-state index contributed by atoms with van der Waals surface area (Å²) in [5, 5.41) is 4.02. The molecule has 1 aliphatic rings. The molecule has 0 unspecified atom stereocenters. The van der Waals surface area contributed by atoms with Crippen molar-refractivity contribution in [3.8, 4) is 0 Å². The molecule has 0 bridgehead atoms. The molecule has 136 valence electrons. The van der Waals surface area contributed by atoms with Crippen molar-refractivity contribution >= 4 is 15.9 Å². The number of nitrogens with zero attached hydrogens (tertiary/aromatic N) is 1. The van der Waals surface area contributed by atoms with Gasteiger partial charge in [0.15, 0.2) is 0 Å². The molecule has 0 atom stereocenters. The maximum atomic E-state index is 13.7. The van der Waals surface area contributed by atoms with E-state index in [0.29, 0.717) is 5.56 Å². The first-order valence-corrected chi connectivity index (χ1v) is 9.92. The number of anilines is 1. The lowest BCUT2D eigenvalue weighted by molar-refractivity contribution is 0.387. The number of rotatable bonds is 5. The van der Waals surface area contributed by atoms with Gasteiger partial charge in [0.25, 0.3) is 0 Å². The highest BCUT2D eigenvalue weighted by Crippen LogP contribution is 2.36. The summed E-state index contributed by atoms with van der Waals surface area (Å²) >= 11 is 0. The summed E-state index contributed by atoms with van der Waals surface area (Å²) in [6.07, 6.45) is 5.43. The monoisotopic (exact) mass is 370 g/mol. The Morgan fingerprint density at radius 1 is 1.20 bits per heavy atom. The van der Waals surface area contributed by atoms with Crippen LogP contribution in [0.5, 0.6) is 0 Å². The third-order valence-corrected chi connectivity index (χ3v) is 5.76. The fraction of sp³-hybridized carbons (Fsp3) is 0.471. The van der Waals surface area contributed by atoms with Gasteiger partial charge in [0.2, 0.25) is 15.9 Å². The van der Waals surface area contributed by atoms with Crippen LogP contribution in [0.25, 0.3) is 0 Å². The van der Waals surface area contributed by atoms with Gasteiger partial charge in [0.1, 0.15) is 17.4 Å². The molecule has 1 aromatic carbocycles. The Morgan fingerprint density at radius 2 is 1.84 bits per heavy atom. The minimum Gasteiger partial charge on any atom is -0.337 e. The third-order valence-electron chi connectivity index (χ3n) is 4.60. The lowest BCUT2D eigenvalue weighted by atomic mass is 9.86. The van der Waals surface area contributed by atoms with Crippen molar-refractivity contribution in [1.82, 2.24) is 5.16 Å². The lowest BCUT2D eigenvalue weighted by Gasteiger charge is -2.19. The van der Waals surface area contributed by atoms with E-state index in [1.54, 1.807) is 6.92 Å². The Hall–Kier alpha value is -1.96. The molecule has 0 saturated heterocycles. The Morgan fingerprint density at radius 3 is 2.48 bits per heavy atom. The summed E-state index contributed by atoms with van der Waals surface area (Å²) in [7, 11) is -4.04. The maximum absolute atomic E-state index is 13.7. The van der Waals surface area contributed by atoms with Crippen LogP contribution in [-0.4, -0.2) is 13.6 Å². The highest BCUT2D eigenvalue weighted by atomic mass is 32.2. The van der Waals surface area contributed by atoms with Crippen LogP contribution < -0.4 is 4.72 Å². The molecule has 1 aliphatic carbocycles. The molecule has 2 aromatic rings. The average molecular weight is 370 g/mol. The summed E-state index contributed by atoms with van der Waals surface area (Å²) in [5.41, 5.74) is 0.888. The molecular formula is C17H20F2N2O3S. The number of halogens is 2. The van der Waals surface area contributed by atoms with Crippen molar-refractivity contribution in [3.05, 3.63) is 46.7 Å². The van der Waals surface area contributed by atoms with Crippen LogP contribution in [0.1, 0.15) is 54.8 Å². The zero-order valence-electron chi connectivity index (χ0n) is 13.9. The van der Waals surface area contributed by atoms with Gasteiger partial charge in [-0.2, -0.15) is 0 Å². The van der Waals surface area contributed by atoms with E-state index in [2.05, 4.69) is 9.88 Å². The molecule has 1 heterocycles. The Bertz CT molecular complexity index is 839. The van der Waals surface area contributed by atoms with E-state index in [1.165, 1.54) is 12.5 Å². The first-order chi connectivity index (χ1) is 11.9. The molecule has 25 heavy (non-hydrogen) atoms. The predicted octanol–water partition coefficient (Wildman–Crippen LogP) is 4.25. The molecule has 1 saturated carbocycles. The second-order valence-electron chi connectivity index (χ2n) is 6.42. The first-order valence-electron chi connectivity index (χ1n) is 8.27. The van der Waals surface area contributed by atoms with Crippen molar-refractivity contribution in [2.24, 2.45) is 0 Å². The summed E-state index contributed by atoms with van der Waals surface area (Å²) in [6, 6.07) is 3.23. The standard InChI is InChI=1S/C17H20F2N2O3S/c1-11-16(12-6-3-2-4-7-12)20-24-17(11)21-25(22,23)10-13-14(18)8-5-9-15(13)19/h5,8-9,12,21H,2-4,6-7,10H2,1H3. The molecule has 5 nitrogen and oxygen atoms in total.